The molecular weight excluding hydrogens is 165 g/mol. The molecule has 1 nitrogen and oxygen atoms in total. The lowest BCUT2D eigenvalue weighted by molar-refractivity contribution is 0.500. The molecule has 70 valence electrons. The van der Waals surface area contributed by atoms with E-state index >= 15 is 0 Å². The summed E-state index contributed by atoms with van der Waals surface area (Å²) in [5.41, 5.74) is 2.32. The molecule has 1 N–H and O–H groups in total. The fraction of sp³-hybridized carbons (Fsp3) is 0.455. The molecule has 0 bridgehead atoms. The molecule has 1 aromatic carbocycles. The van der Waals surface area contributed by atoms with Gasteiger partial charge in [-0.25, -0.2) is 4.39 Å². The van der Waals surface area contributed by atoms with Crippen LogP contribution in [0.25, 0.3) is 0 Å². The minimum absolute atomic E-state index is 0.109. The van der Waals surface area contributed by atoms with Gasteiger partial charge in [0, 0.05) is 17.6 Å². The zero-order chi connectivity index (χ0) is 9.47. The Labute approximate surface area is 78.0 Å². The second-order valence-electron chi connectivity index (χ2n) is 3.96. The summed E-state index contributed by atoms with van der Waals surface area (Å²) in [4.78, 5) is 0. The predicted molar refractivity (Wildman–Crippen MR) is 52.5 cm³/mol. The van der Waals surface area contributed by atoms with Gasteiger partial charge >= 0.3 is 0 Å². The Kier molecular flexibility index (Phi) is 1.79. The molecule has 0 aromatic heterocycles. The van der Waals surface area contributed by atoms with Crippen LogP contribution in [-0.4, -0.2) is 6.54 Å². The topological polar surface area (TPSA) is 12.0 Å². The second kappa shape index (κ2) is 2.72. The predicted octanol–water partition coefficient (Wildman–Crippen LogP) is 2.92. The first-order valence-electron chi connectivity index (χ1n) is 4.69. The van der Waals surface area contributed by atoms with Gasteiger partial charge in [-0.05, 0) is 30.2 Å². The Bertz CT molecular complexity index is 335. The number of hydrogen-bond acceptors (Lipinski definition) is 1. The van der Waals surface area contributed by atoms with E-state index in [1.165, 1.54) is 6.07 Å². The Morgan fingerprint density at radius 3 is 3.00 bits per heavy atom. The molecule has 1 aromatic rings. The molecule has 2 rings (SSSR count). The van der Waals surface area contributed by atoms with E-state index in [2.05, 4.69) is 19.2 Å². The van der Waals surface area contributed by atoms with Crippen molar-refractivity contribution in [1.82, 2.24) is 0 Å². The van der Waals surface area contributed by atoms with E-state index in [1.54, 1.807) is 6.07 Å². The van der Waals surface area contributed by atoms with Crippen molar-refractivity contribution in [3.63, 3.8) is 0 Å². The summed E-state index contributed by atoms with van der Waals surface area (Å²) in [6.45, 7) is 5.23. The Morgan fingerprint density at radius 2 is 2.31 bits per heavy atom. The van der Waals surface area contributed by atoms with E-state index in [0.717, 1.165) is 24.2 Å². The standard InChI is InChI=1S/C11H14FN/c1-3-11(2)7-13-10-5-4-8(12)6-9(10)11/h4-6,13H,3,7H2,1-2H3/t11-/m1/s1. The highest BCUT2D eigenvalue weighted by molar-refractivity contribution is 5.60. The number of rotatable bonds is 1. The Hall–Kier alpha value is -1.05. The van der Waals surface area contributed by atoms with E-state index in [9.17, 15) is 4.39 Å². The van der Waals surface area contributed by atoms with E-state index in [4.69, 9.17) is 0 Å². The van der Waals surface area contributed by atoms with Crippen molar-refractivity contribution in [1.29, 1.82) is 0 Å². The highest BCUT2D eigenvalue weighted by atomic mass is 19.1. The van der Waals surface area contributed by atoms with E-state index in [0.29, 0.717) is 0 Å². The first-order valence-corrected chi connectivity index (χ1v) is 4.69. The maximum Gasteiger partial charge on any atom is 0.123 e. The molecule has 0 amide bonds. The normalized spacial score (nSPS) is 25.5. The number of fused-ring (bicyclic) bond motifs is 1. The monoisotopic (exact) mass is 179 g/mol. The molecule has 0 spiro atoms. The lowest BCUT2D eigenvalue weighted by atomic mass is 9.82. The summed E-state index contributed by atoms with van der Waals surface area (Å²) in [5, 5.41) is 3.30. The van der Waals surface area contributed by atoms with Gasteiger partial charge in [-0.1, -0.05) is 13.8 Å². The smallest absolute Gasteiger partial charge is 0.123 e. The van der Waals surface area contributed by atoms with Crippen LogP contribution in [0.5, 0.6) is 0 Å². The van der Waals surface area contributed by atoms with Crippen molar-refractivity contribution in [2.75, 3.05) is 11.9 Å². The number of halogens is 1. The van der Waals surface area contributed by atoms with Crippen LogP contribution in [0.1, 0.15) is 25.8 Å². The third-order valence-electron chi connectivity index (χ3n) is 3.08. The molecule has 0 unspecified atom stereocenters. The molecule has 1 heterocycles. The average molecular weight is 179 g/mol. The number of benzene rings is 1. The van der Waals surface area contributed by atoms with Crippen LogP contribution in [0.4, 0.5) is 10.1 Å². The van der Waals surface area contributed by atoms with Gasteiger partial charge in [-0.15, -0.1) is 0 Å². The highest BCUT2D eigenvalue weighted by Crippen LogP contribution is 2.38. The SMILES string of the molecule is CC[C@]1(C)CNc2ccc(F)cc21. The Morgan fingerprint density at radius 1 is 1.54 bits per heavy atom. The van der Waals surface area contributed by atoms with Crippen LogP contribution in [0.2, 0.25) is 0 Å². The van der Waals surface area contributed by atoms with E-state index in [-0.39, 0.29) is 11.2 Å². The third kappa shape index (κ3) is 1.21. The van der Waals surface area contributed by atoms with Crippen LogP contribution in [0.15, 0.2) is 18.2 Å². The summed E-state index contributed by atoms with van der Waals surface area (Å²) in [5.74, 6) is -0.137. The first-order chi connectivity index (χ1) is 6.15. The van der Waals surface area contributed by atoms with Crippen molar-refractivity contribution in [2.24, 2.45) is 0 Å². The number of hydrogen-bond donors (Lipinski definition) is 1. The molecule has 13 heavy (non-hydrogen) atoms. The van der Waals surface area contributed by atoms with E-state index < -0.39 is 0 Å². The summed E-state index contributed by atoms with van der Waals surface area (Å²) >= 11 is 0. The molecule has 1 aliphatic rings. The van der Waals surface area contributed by atoms with Crippen LogP contribution in [0.3, 0.4) is 0 Å². The maximum absolute atomic E-state index is 13.0. The molecule has 0 aliphatic carbocycles. The summed E-state index contributed by atoms with van der Waals surface area (Å²) < 4.78 is 13.0. The molecule has 0 radical (unpaired) electrons. The van der Waals surface area contributed by atoms with Gasteiger partial charge in [0.05, 0.1) is 0 Å². The molecule has 0 saturated carbocycles. The molecule has 0 saturated heterocycles. The third-order valence-corrected chi connectivity index (χ3v) is 3.08. The van der Waals surface area contributed by atoms with Gasteiger partial charge in [0.1, 0.15) is 5.82 Å². The van der Waals surface area contributed by atoms with Crippen LogP contribution >= 0.6 is 0 Å². The second-order valence-corrected chi connectivity index (χ2v) is 3.96. The largest absolute Gasteiger partial charge is 0.384 e. The minimum atomic E-state index is -0.137. The number of nitrogens with one attached hydrogen (secondary N) is 1. The number of anilines is 1. The summed E-state index contributed by atoms with van der Waals surface area (Å²) in [6, 6.07) is 4.98. The fourth-order valence-electron chi connectivity index (χ4n) is 1.87. The Balaban J connectivity index is 2.52. The first kappa shape index (κ1) is 8.54. The average Bonchev–Trinajstić information content (AvgIpc) is 2.45. The minimum Gasteiger partial charge on any atom is -0.384 e. The van der Waals surface area contributed by atoms with Gasteiger partial charge < -0.3 is 5.32 Å². The summed E-state index contributed by atoms with van der Waals surface area (Å²) in [6.07, 6.45) is 1.04. The van der Waals surface area contributed by atoms with Crippen molar-refractivity contribution in [3.05, 3.63) is 29.6 Å². The molecule has 0 fully saturated rings. The van der Waals surface area contributed by atoms with Crippen LogP contribution in [-0.2, 0) is 5.41 Å². The fourth-order valence-corrected chi connectivity index (χ4v) is 1.87. The van der Waals surface area contributed by atoms with Gasteiger partial charge in [0.25, 0.3) is 0 Å². The van der Waals surface area contributed by atoms with Crippen LogP contribution in [0, 0.1) is 5.82 Å². The van der Waals surface area contributed by atoms with Gasteiger partial charge in [0.2, 0.25) is 0 Å². The van der Waals surface area contributed by atoms with Gasteiger partial charge in [0.15, 0.2) is 0 Å². The molecule has 2 heteroatoms. The summed E-state index contributed by atoms with van der Waals surface area (Å²) in [7, 11) is 0. The molecule has 1 aliphatic heterocycles. The van der Waals surface area contributed by atoms with Crippen molar-refractivity contribution >= 4 is 5.69 Å². The zero-order valence-corrected chi connectivity index (χ0v) is 8.02. The lowest BCUT2D eigenvalue weighted by Gasteiger charge is -2.21. The maximum atomic E-state index is 13.0. The lowest BCUT2D eigenvalue weighted by Crippen LogP contribution is -2.22. The van der Waals surface area contributed by atoms with Crippen molar-refractivity contribution in [2.45, 2.75) is 25.7 Å². The van der Waals surface area contributed by atoms with Crippen molar-refractivity contribution in [3.8, 4) is 0 Å². The van der Waals surface area contributed by atoms with Crippen molar-refractivity contribution < 1.29 is 4.39 Å². The van der Waals surface area contributed by atoms with E-state index in [1.807, 2.05) is 6.07 Å². The van der Waals surface area contributed by atoms with Crippen LogP contribution < -0.4 is 5.32 Å². The molecular formula is C11H14FN. The zero-order valence-electron chi connectivity index (χ0n) is 8.02. The molecule has 1 atom stereocenters. The van der Waals surface area contributed by atoms with Gasteiger partial charge in [-0.3, -0.25) is 0 Å². The van der Waals surface area contributed by atoms with Gasteiger partial charge in [-0.2, -0.15) is 0 Å². The quantitative estimate of drug-likeness (QED) is 0.699. The highest BCUT2D eigenvalue weighted by Gasteiger charge is 2.32.